The summed E-state index contributed by atoms with van der Waals surface area (Å²) < 4.78 is 5.67. The van der Waals surface area contributed by atoms with E-state index in [0.717, 1.165) is 5.56 Å². The summed E-state index contributed by atoms with van der Waals surface area (Å²) in [6, 6.07) is 17.3. The van der Waals surface area contributed by atoms with Crippen LogP contribution in [-0.2, 0) is 4.79 Å². The van der Waals surface area contributed by atoms with E-state index in [4.69, 9.17) is 16.0 Å². The van der Waals surface area contributed by atoms with Crippen LogP contribution in [0.3, 0.4) is 0 Å². The van der Waals surface area contributed by atoms with E-state index in [9.17, 15) is 9.59 Å². The number of hydrogen-bond donors (Lipinski definition) is 2. The fourth-order valence-electron chi connectivity index (χ4n) is 2.32. The van der Waals surface area contributed by atoms with E-state index in [1.54, 1.807) is 42.5 Å². The largest absolute Gasteiger partial charge is 0.455 e. The van der Waals surface area contributed by atoms with Crippen molar-refractivity contribution in [1.29, 1.82) is 0 Å². The number of halogens is 1. The van der Waals surface area contributed by atoms with Gasteiger partial charge in [-0.1, -0.05) is 11.6 Å². The minimum Gasteiger partial charge on any atom is -0.455 e. The zero-order valence-electron chi connectivity index (χ0n) is 14.4. The number of hydrazone groups is 1. The molecule has 0 radical (unpaired) electrons. The Balaban J connectivity index is 1.59. The number of carbonyl (C=O) groups excluding carboxylic acids is 2. The maximum atomic E-state index is 12.1. The molecule has 0 spiro atoms. The quantitative estimate of drug-likeness (QED) is 0.510. The molecular weight excluding hydrogens is 366 g/mol. The fourth-order valence-corrected chi connectivity index (χ4v) is 2.44. The Hall–Kier alpha value is -3.38. The molecule has 0 fully saturated rings. The van der Waals surface area contributed by atoms with E-state index >= 15 is 0 Å². The maximum Gasteiger partial charge on any atom is 0.271 e. The molecule has 3 rings (SSSR count). The van der Waals surface area contributed by atoms with Crippen LogP contribution < -0.4 is 10.7 Å². The summed E-state index contributed by atoms with van der Waals surface area (Å²) in [5.41, 5.74) is 4.36. The second kappa shape index (κ2) is 8.33. The first-order valence-corrected chi connectivity index (χ1v) is 8.46. The van der Waals surface area contributed by atoms with Crippen molar-refractivity contribution in [1.82, 2.24) is 5.43 Å². The summed E-state index contributed by atoms with van der Waals surface area (Å²) in [6.07, 6.45) is 1.42. The third kappa shape index (κ3) is 5.05. The Morgan fingerprint density at radius 2 is 1.70 bits per heavy atom. The Morgan fingerprint density at radius 3 is 2.37 bits per heavy atom. The molecule has 6 nitrogen and oxygen atoms in total. The Labute approximate surface area is 160 Å². The van der Waals surface area contributed by atoms with E-state index < -0.39 is 0 Å². The second-order valence-electron chi connectivity index (χ2n) is 5.67. The van der Waals surface area contributed by atoms with Crippen LogP contribution in [0.25, 0.3) is 11.3 Å². The highest BCUT2D eigenvalue weighted by molar-refractivity contribution is 6.30. The van der Waals surface area contributed by atoms with Gasteiger partial charge in [-0.2, -0.15) is 5.10 Å². The molecule has 0 bridgehead atoms. The molecule has 2 N–H and O–H groups in total. The van der Waals surface area contributed by atoms with E-state index in [1.165, 1.54) is 13.1 Å². The van der Waals surface area contributed by atoms with Crippen LogP contribution in [0.4, 0.5) is 5.69 Å². The maximum absolute atomic E-state index is 12.1. The predicted molar refractivity (Wildman–Crippen MR) is 105 cm³/mol. The second-order valence-corrected chi connectivity index (χ2v) is 6.10. The molecule has 1 aromatic heterocycles. The highest BCUT2D eigenvalue weighted by Crippen LogP contribution is 2.23. The number of hydrogen-bond acceptors (Lipinski definition) is 4. The van der Waals surface area contributed by atoms with Gasteiger partial charge in [0, 0.05) is 28.8 Å². The fraction of sp³-hybridized carbons (Fsp3) is 0.0500. The van der Waals surface area contributed by atoms with Crippen molar-refractivity contribution in [2.75, 3.05) is 5.32 Å². The van der Waals surface area contributed by atoms with Crippen molar-refractivity contribution >= 4 is 35.3 Å². The molecule has 0 aliphatic rings. The van der Waals surface area contributed by atoms with Crippen molar-refractivity contribution in [3.8, 4) is 11.3 Å². The van der Waals surface area contributed by atoms with E-state index in [2.05, 4.69) is 15.8 Å². The lowest BCUT2D eigenvalue weighted by Gasteiger charge is -2.03. The smallest absolute Gasteiger partial charge is 0.271 e. The molecular formula is C20H16ClN3O3. The van der Waals surface area contributed by atoms with Gasteiger partial charge in [0.2, 0.25) is 5.91 Å². The number of furan rings is 1. The minimum atomic E-state index is -0.370. The zero-order chi connectivity index (χ0) is 19.2. The zero-order valence-corrected chi connectivity index (χ0v) is 15.2. The number of nitrogens with one attached hydrogen (secondary N) is 2. The number of anilines is 1. The molecule has 2 amide bonds. The van der Waals surface area contributed by atoms with Crippen LogP contribution in [-0.4, -0.2) is 18.0 Å². The highest BCUT2D eigenvalue weighted by Gasteiger charge is 2.06. The van der Waals surface area contributed by atoms with Gasteiger partial charge in [0.15, 0.2) is 0 Å². The van der Waals surface area contributed by atoms with E-state index in [1.807, 2.05) is 18.2 Å². The summed E-state index contributed by atoms with van der Waals surface area (Å²) in [5.74, 6) is 0.632. The lowest BCUT2D eigenvalue weighted by atomic mass is 10.2. The molecule has 0 saturated carbocycles. The first-order chi connectivity index (χ1) is 13.0. The number of benzene rings is 2. The van der Waals surface area contributed by atoms with Crippen LogP contribution in [0.1, 0.15) is 23.0 Å². The molecule has 0 aliphatic heterocycles. The lowest BCUT2D eigenvalue weighted by Crippen LogP contribution is -2.17. The molecule has 0 unspecified atom stereocenters. The summed E-state index contributed by atoms with van der Waals surface area (Å²) in [6.45, 7) is 1.42. The molecule has 27 heavy (non-hydrogen) atoms. The average molecular weight is 382 g/mol. The number of nitrogens with zero attached hydrogens (tertiary/aromatic N) is 1. The monoisotopic (exact) mass is 381 g/mol. The number of carbonyl (C=O) groups is 2. The van der Waals surface area contributed by atoms with Crippen LogP contribution in [0.5, 0.6) is 0 Å². The van der Waals surface area contributed by atoms with Crippen molar-refractivity contribution in [3.63, 3.8) is 0 Å². The first kappa shape index (κ1) is 18.4. The van der Waals surface area contributed by atoms with Gasteiger partial charge in [-0.15, -0.1) is 0 Å². The first-order valence-electron chi connectivity index (χ1n) is 8.08. The van der Waals surface area contributed by atoms with Crippen molar-refractivity contribution in [3.05, 3.63) is 77.0 Å². The molecule has 3 aromatic rings. The summed E-state index contributed by atoms with van der Waals surface area (Å²) in [5, 5.41) is 7.19. The third-order valence-electron chi connectivity index (χ3n) is 3.58. The van der Waals surface area contributed by atoms with Gasteiger partial charge >= 0.3 is 0 Å². The Morgan fingerprint density at radius 1 is 1.00 bits per heavy atom. The third-order valence-corrected chi connectivity index (χ3v) is 3.83. The van der Waals surface area contributed by atoms with Crippen molar-refractivity contribution < 1.29 is 14.0 Å². The van der Waals surface area contributed by atoms with E-state index in [0.29, 0.717) is 27.8 Å². The average Bonchev–Trinajstić information content (AvgIpc) is 3.11. The standard InChI is InChI=1S/C20H16ClN3O3/c1-13(25)23-17-8-4-15(5-9-17)20(26)24-22-12-18-10-11-19(27-18)14-2-6-16(21)7-3-14/h2-12H,1H3,(H,23,25)(H,24,26). The minimum absolute atomic E-state index is 0.173. The lowest BCUT2D eigenvalue weighted by molar-refractivity contribution is -0.114. The van der Waals surface area contributed by atoms with Crippen LogP contribution in [0.2, 0.25) is 5.02 Å². The van der Waals surface area contributed by atoms with Crippen molar-refractivity contribution in [2.24, 2.45) is 5.10 Å². The molecule has 0 aliphatic carbocycles. The summed E-state index contributed by atoms with van der Waals surface area (Å²) >= 11 is 5.87. The van der Waals surface area contributed by atoms with Gasteiger partial charge in [0.25, 0.3) is 5.91 Å². The Kier molecular flexibility index (Phi) is 5.68. The Bertz CT molecular complexity index is 976. The number of amides is 2. The summed E-state index contributed by atoms with van der Waals surface area (Å²) in [7, 11) is 0. The van der Waals surface area contributed by atoms with Gasteiger partial charge in [-0.05, 0) is 60.7 Å². The van der Waals surface area contributed by atoms with E-state index in [-0.39, 0.29) is 11.8 Å². The van der Waals surface area contributed by atoms with Gasteiger partial charge in [-0.25, -0.2) is 5.43 Å². The van der Waals surface area contributed by atoms with Crippen LogP contribution in [0, 0.1) is 0 Å². The van der Waals surface area contributed by atoms with Gasteiger partial charge in [0.05, 0.1) is 6.21 Å². The van der Waals surface area contributed by atoms with Gasteiger partial charge < -0.3 is 9.73 Å². The summed E-state index contributed by atoms with van der Waals surface area (Å²) in [4.78, 5) is 23.1. The van der Waals surface area contributed by atoms with Crippen LogP contribution >= 0.6 is 11.6 Å². The van der Waals surface area contributed by atoms with Gasteiger partial charge in [-0.3, -0.25) is 9.59 Å². The predicted octanol–water partition coefficient (Wildman–Crippen LogP) is 4.32. The molecule has 136 valence electrons. The topological polar surface area (TPSA) is 83.7 Å². The van der Waals surface area contributed by atoms with Gasteiger partial charge in [0.1, 0.15) is 11.5 Å². The molecule has 2 aromatic carbocycles. The molecule has 0 atom stereocenters. The molecule has 7 heteroatoms. The van der Waals surface area contributed by atoms with Crippen LogP contribution in [0.15, 0.2) is 70.2 Å². The SMILES string of the molecule is CC(=O)Nc1ccc(C(=O)NN=Cc2ccc(-c3ccc(Cl)cc3)o2)cc1. The molecule has 0 saturated heterocycles. The number of rotatable bonds is 5. The molecule has 1 heterocycles. The van der Waals surface area contributed by atoms with Crippen molar-refractivity contribution in [2.45, 2.75) is 6.92 Å². The highest BCUT2D eigenvalue weighted by atomic mass is 35.5. The normalized spacial score (nSPS) is 10.7.